The molecule has 0 aliphatic carbocycles. The maximum Gasteiger partial charge on any atom is 0.255 e. The number of allylic oxidation sites excluding steroid dienone is 1. The van der Waals surface area contributed by atoms with Crippen molar-refractivity contribution in [1.29, 1.82) is 0 Å². The number of nitrogens with zero attached hydrogens (tertiary/aromatic N) is 1. The quantitative estimate of drug-likeness (QED) is 0.756. The van der Waals surface area contributed by atoms with E-state index < -0.39 is 15.3 Å². The van der Waals surface area contributed by atoms with E-state index in [-0.39, 0.29) is 16.9 Å². The zero-order valence-corrected chi connectivity index (χ0v) is 17.2. The Hall–Kier alpha value is -2.73. The van der Waals surface area contributed by atoms with Crippen molar-refractivity contribution in [2.24, 2.45) is 10.4 Å². The molecule has 1 amide bonds. The van der Waals surface area contributed by atoms with Gasteiger partial charge in [0.05, 0.1) is 10.3 Å². The lowest BCUT2D eigenvalue weighted by molar-refractivity contribution is -0.123. The predicted molar refractivity (Wildman–Crippen MR) is 110 cm³/mol. The summed E-state index contributed by atoms with van der Waals surface area (Å²) < 4.78 is 30.4. The van der Waals surface area contributed by atoms with Gasteiger partial charge < -0.3 is 4.74 Å². The number of hydrogen-bond acceptors (Lipinski definition) is 4. The SMILES string of the molecule is CC(Oc1cc(C2=CC(C)(C)C(=O)N=C2)cc(S(C)(=O)=O)c1)c1ccccc1. The Labute approximate surface area is 165 Å². The Bertz CT molecular complexity index is 1070. The fourth-order valence-electron chi connectivity index (χ4n) is 2.96. The van der Waals surface area contributed by atoms with E-state index >= 15 is 0 Å². The largest absolute Gasteiger partial charge is 0.486 e. The Balaban J connectivity index is 2.04. The molecular formula is C22H23NO4S. The van der Waals surface area contributed by atoms with Crippen LogP contribution < -0.4 is 4.74 Å². The number of sulfone groups is 1. The van der Waals surface area contributed by atoms with Crippen LogP contribution in [0.4, 0.5) is 0 Å². The van der Waals surface area contributed by atoms with Crippen molar-refractivity contribution < 1.29 is 17.9 Å². The monoisotopic (exact) mass is 397 g/mol. The molecule has 1 atom stereocenters. The summed E-state index contributed by atoms with van der Waals surface area (Å²) >= 11 is 0. The number of aliphatic imine (C=N–C) groups is 1. The molecule has 5 nitrogen and oxygen atoms in total. The van der Waals surface area contributed by atoms with Crippen LogP contribution >= 0.6 is 0 Å². The van der Waals surface area contributed by atoms with Gasteiger partial charge in [-0.1, -0.05) is 36.4 Å². The topological polar surface area (TPSA) is 72.8 Å². The van der Waals surface area contributed by atoms with Crippen molar-refractivity contribution in [3.8, 4) is 5.75 Å². The van der Waals surface area contributed by atoms with Gasteiger partial charge in [0.15, 0.2) is 9.84 Å². The number of benzene rings is 2. The van der Waals surface area contributed by atoms with Gasteiger partial charge in [-0.05, 0) is 55.7 Å². The van der Waals surface area contributed by atoms with Crippen molar-refractivity contribution in [1.82, 2.24) is 0 Å². The molecule has 1 aliphatic heterocycles. The lowest BCUT2D eigenvalue weighted by Gasteiger charge is -2.22. The van der Waals surface area contributed by atoms with Crippen LogP contribution in [-0.4, -0.2) is 26.8 Å². The normalized spacial score (nSPS) is 17.1. The van der Waals surface area contributed by atoms with E-state index in [1.807, 2.05) is 37.3 Å². The third-order valence-electron chi connectivity index (χ3n) is 4.61. The van der Waals surface area contributed by atoms with Crippen LogP contribution in [0.15, 0.2) is 64.5 Å². The minimum atomic E-state index is -3.45. The summed E-state index contributed by atoms with van der Waals surface area (Å²) in [6, 6.07) is 14.6. The van der Waals surface area contributed by atoms with E-state index in [1.54, 1.807) is 32.1 Å². The van der Waals surface area contributed by atoms with Crippen LogP contribution in [0.2, 0.25) is 0 Å². The highest BCUT2D eigenvalue weighted by atomic mass is 32.2. The lowest BCUT2D eigenvalue weighted by atomic mass is 9.86. The zero-order valence-electron chi connectivity index (χ0n) is 16.3. The van der Waals surface area contributed by atoms with Gasteiger partial charge in [-0.25, -0.2) is 13.4 Å². The summed E-state index contributed by atoms with van der Waals surface area (Å²) in [6.45, 7) is 5.47. The highest BCUT2D eigenvalue weighted by Crippen LogP contribution is 2.33. The van der Waals surface area contributed by atoms with Crippen LogP contribution in [0.25, 0.3) is 5.57 Å². The minimum Gasteiger partial charge on any atom is -0.486 e. The second-order valence-corrected chi connectivity index (χ2v) is 9.54. The molecule has 1 heterocycles. The van der Waals surface area contributed by atoms with Gasteiger partial charge in [0, 0.05) is 12.5 Å². The van der Waals surface area contributed by atoms with Gasteiger partial charge in [0.25, 0.3) is 5.91 Å². The van der Waals surface area contributed by atoms with Crippen LogP contribution in [0.3, 0.4) is 0 Å². The zero-order chi connectivity index (χ0) is 20.5. The Morgan fingerprint density at radius 1 is 1.07 bits per heavy atom. The van der Waals surface area contributed by atoms with E-state index in [0.717, 1.165) is 11.8 Å². The first kappa shape index (κ1) is 20.0. The van der Waals surface area contributed by atoms with Gasteiger partial charge in [0.2, 0.25) is 0 Å². The molecule has 146 valence electrons. The predicted octanol–water partition coefficient (Wildman–Crippen LogP) is 4.25. The van der Waals surface area contributed by atoms with Crippen molar-refractivity contribution >= 4 is 27.5 Å². The Kier molecular flexibility index (Phi) is 5.26. The van der Waals surface area contributed by atoms with E-state index in [4.69, 9.17) is 4.74 Å². The average molecular weight is 397 g/mol. The van der Waals surface area contributed by atoms with Gasteiger partial charge in [-0.2, -0.15) is 0 Å². The highest BCUT2D eigenvalue weighted by molar-refractivity contribution is 7.90. The third-order valence-corrected chi connectivity index (χ3v) is 5.70. The van der Waals surface area contributed by atoms with E-state index in [9.17, 15) is 13.2 Å². The van der Waals surface area contributed by atoms with E-state index in [0.29, 0.717) is 16.9 Å². The van der Waals surface area contributed by atoms with E-state index in [2.05, 4.69) is 4.99 Å². The van der Waals surface area contributed by atoms with Crippen LogP contribution in [0.1, 0.15) is 38.0 Å². The smallest absolute Gasteiger partial charge is 0.255 e. The van der Waals surface area contributed by atoms with Crippen molar-refractivity contribution in [2.45, 2.75) is 31.8 Å². The van der Waals surface area contributed by atoms with Crippen LogP contribution in [0.5, 0.6) is 5.75 Å². The molecule has 0 bridgehead atoms. The molecule has 0 radical (unpaired) electrons. The second-order valence-electron chi connectivity index (χ2n) is 7.52. The summed E-state index contributed by atoms with van der Waals surface area (Å²) in [6.07, 6.45) is 4.18. The first-order chi connectivity index (χ1) is 13.1. The summed E-state index contributed by atoms with van der Waals surface area (Å²) in [5, 5.41) is 0. The Morgan fingerprint density at radius 2 is 1.75 bits per heavy atom. The van der Waals surface area contributed by atoms with Crippen molar-refractivity contribution in [3.63, 3.8) is 0 Å². The molecule has 3 rings (SSSR count). The van der Waals surface area contributed by atoms with Gasteiger partial charge in [-0.3, -0.25) is 4.79 Å². The fourth-order valence-corrected chi connectivity index (χ4v) is 3.63. The van der Waals surface area contributed by atoms with E-state index in [1.165, 1.54) is 12.3 Å². The molecule has 0 spiro atoms. The van der Waals surface area contributed by atoms with Gasteiger partial charge in [-0.15, -0.1) is 0 Å². The van der Waals surface area contributed by atoms with Crippen LogP contribution in [0, 0.1) is 5.41 Å². The standard InChI is InChI=1S/C22H23NO4S/c1-15(16-8-6-5-7-9-16)27-19-10-17(11-20(12-19)28(4,25)26)18-13-22(2,3)21(24)23-14-18/h5-15H,1-4H3. The third kappa shape index (κ3) is 4.39. The molecule has 28 heavy (non-hydrogen) atoms. The van der Waals surface area contributed by atoms with Crippen LogP contribution in [-0.2, 0) is 14.6 Å². The fraction of sp³-hybridized carbons (Fsp3) is 0.273. The van der Waals surface area contributed by atoms with Crippen molar-refractivity contribution in [3.05, 3.63) is 65.7 Å². The number of dihydropyridines is 1. The summed E-state index contributed by atoms with van der Waals surface area (Å²) in [7, 11) is -3.45. The Morgan fingerprint density at radius 3 is 2.36 bits per heavy atom. The molecule has 1 unspecified atom stereocenters. The molecular weight excluding hydrogens is 374 g/mol. The number of carbonyl (C=O) groups excluding carboxylic acids is 1. The maximum absolute atomic E-state index is 12.2. The second kappa shape index (κ2) is 7.36. The molecule has 0 fully saturated rings. The molecule has 0 aromatic heterocycles. The number of rotatable bonds is 5. The van der Waals surface area contributed by atoms with Crippen molar-refractivity contribution in [2.75, 3.05) is 6.26 Å². The van der Waals surface area contributed by atoms with Gasteiger partial charge in [0.1, 0.15) is 11.9 Å². The molecule has 1 aliphatic rings. The number of amides is 1. The number of hydrogen-bond donors (Lipinski definition) is 0. The first-order valence-electron chi connectivity index (χ1n) is 8.95. The molecule has 2 aromatic carbocycles. The number of carbonyl (C=O) groups is 1. The molecule has 2 aromatic rings. The summed E-state index contributed by atoms with van der Waals surface area (Å²) in [4.78, 5) is 16.0. The highest BCUT2D eigenvalue weighted by Gasteiger charge is 2.28. The summed E-state index contributed by atoms with van der Waals surface area (Å²) in [5.74, 6) is 0.211. The lowest BCUT2D eigenvalue weighted by Crippen LogP contribution is -2.23. The molecule has 0 N–H and O–H groups in total. The first-order valence-corrected chi connectivity index (χ1v) is 10.8. The van der Waals surface area contributed by atoms with Gasteiger partial charge >= 0.3 is 0 Å². The minimum absolute atomic E-state index is 0.157. The molecule has 0 saturated carbocycles. The molecule has 0 saturated heterocycles. The molecule has 6 heteroatoms. The maximum atomic E-state index is 12.2. The summed E-state index contributed by atoms with van der Waals surface area (Å²) in [5.41, 5.74) is 1.57. The number of ether oxygens (including phenoxy) is 1. The average Bonchev–Trinajstić information content (AvgIpc) is 2.63.